The topological polar surface area (TPSA) is 87.2 Å². The highest BCUT2D eigenvalue weighted by Crippen LogP contribution is 2.26. The Labute approximate surface area is 164 Å². The number of hydrogen-bond donors (Lipinski definition) is 0. The van der Waals surface area contributed by atoms with E-state index in [0.717, 1.165) is 0 Å². The first-order chi connectivity index (χ1) is 14.0. The first-order valence-corrected chi connectivity index (χ1v) is 8.84. The largest absolute Gasteiger partial charge is 0.458 e. The van der Waals surface area contributed by atoms with Crippen molar-refractivity contribution >= 4 is 16.9 Å². The van der Waals surface area contributed by atoms with Crippen molar-refractivity contribution in [3.8, 4) is 11.3 Å². The SMILES string of the molecule is Cc1c(COC(=O)Cn2cnc3ccccc3c2=O)noc1-c1ccc(F)cc1. The number of benzene rings is 2. The van der Waals surface area contributed by atoms with Crippen LogP contribution in [-0.4, -0.2) is 20.7 Å². The van der Waals surface area contributed by atoms with Crippen molar-refractivity contribution in [3.63, 3.8) is 0 Å². The molecule has 29 heavy (non-hydrogen) atoms. The van der Waals surface area contributed by atoms with Gasteiger partial charge < -0.3 is 9.26 Å². The van der Waals surface area contributed by atoms with Crippen LogP contribution in [0.25, 0.3) is 22.2 Å². The maximum Gasteiger partial charge on any atom is 0.326 e. The Balaban J connectivity index is 1.45. The van der Waals surface area contributed by atoms with Gasteiger partial charge in [0.15, 0.2) is 5.76 Å². The van der Waals surface area contributed by atoms with Gasteiger partial charge >= 0.3 is 5.97 Å². The smallest absolute Gasteiger partial charge is 0.326 e. The summed E-state index contributed by atoms with van der Waals surface area (Å²) in [5, 5.41) is 4.35. The maximum atomic E-state index is 13.1. The van der Waals surface area contributed by atoms with Gasteiger partial charge in [0.1, 0.15) is 24.7 Å². The number of carbonyl (C=O) groups is 1. The third-order valence-corrected chi connectivity index (χ3v) is 4.53. The molecule has 0 bridgehead atoms. The van der Waals surface area contributed by atoms with Crippen LogP contribution in [-0.2, 0) is 22.7 Å². The molecule has 146 valence electrons. The molecule has 0 N–H and O–H groups in total. The zero-order valence-electron chi connectivity index (χ0n) is 15.5. The van der Waals surface area contributed by atoms with Gasteiger partial charge in [-0.05, 0) is 43.3 Å². The summed E-state index contributed by atoms with van der Waals surface area (Å²) in [6.45, 7) is 1.40. The van der Waals surface area contributed by atoms with Crippen LogP contribution in [0.2, 0.25) is 0 Å². The maximum absolute atomic E-state index is 13.1. The Morgan fingerprint density at radius 3 is 2.72 bits per heavy atom. The predicted molar refractivity (Wildman–Crippen MR) is 102 cm³/mol. The molecule has 0 saturated heterocycles. The fourth-order valence-corrected chi connectivity index (χ4v) is 2.93. The van der Waals surface area contributed by atoms with Gasteiger partial charge in [0.2, 0.25) is 0 Å². The molecule has 0 saturated carbocycles. The van der Waals surface area contributed by atoms with Crippen LogP contribution in [0.4, 0.5) is 4.39 Å². The number of aromatic nitrogens is 3. The monoisotopic (exact) mass is 393 g/mol. The highest BCUT2D eigenvalue weighted by Gasteiger charge is 2.16. The minimum absolute atomic E-state index is 0.106. The van der Waals surface area contributed by atoms with Crippen LogP contribution in [0.3, 0.4) is 0 Å². The molecular weight excluding hydrogens is 377 g/mol. The molecule has 0 fully saturated rings. The van der Waals surface area contributed by atoms with Crippen molar-refractivity contribution in [2.75, 3.05) is 0 Å². The van der Waals surface area contributed by atoms with Crippen LogP contribution in [0.5, 0.6) is 0 Å². The van der Waals surface area contributed by atoms with E-state index in [1.807, 2.05) is 0 Å². The summed E-state index contributed by atoms with van der Waals surface area (Å²) in [6.07, 6.45) is 1.32. The molecule has 0 spiro atoms. The number of halogens is 1. The first kappa shape index (κ1) is 18.5. The van der Waals surface area contributed by atoms with Gasteiger partial charge in [-0.25, -0.2) is 9.37 Å². The van der Waals surface area contributed by atoms with Crippen molar-refractivity contribution in [2.45, 2.75) is 20.1 Å². The molecule has 0 unspecified atom stereocenters. The van der Waals surface area contributed by atoms with Crippen LogP contribution < -0.4 is 5.56 Å². The van der Waals surface area contributed by atoms with E-state index >= 15 is 0 Å². The Hall–Kier alpha value is -3.81. The van der Waals surface area contributed by atoms with E-state index in [1.54, 1.807) is 43.3 Å². The summed E-state index contributed by atoms with van der Waals surface area (Å²) in [4.78, 5) is 28.8. The Morgan fingerprint density at radius 1 is 1.17 bits per heavy atom. The van der Waals surface area contributed by atoms with Crippen molar-refractivity contribution in [2.24, 2.45) is 0 Å². The van der Waals surface area contributed by atoms with Gasteiger partial charge in [-0.2, -0.15) is 0 Å². The number of hydrogen-bond acceptors (Lipinski definition) is 6. The van der Waals surface area contributed by atoms with Gasteiger partial charge in [-0.15, -0.1) is 0 Å². The molecular formula is C21H16FN3O4. The second-order valence-electron chi connectivity index (χ2n) is 6.45. The molecule has 8 heteroatoms. The lowest BCUT2D eigenvalue weighted by molar-refractivity contribution is -0.145. The summed E-state index contributed by atoms with van der Waals surface area (Å²) in [5.41, 5.74) is 2.05. The molecule has 2 aromatic heterocycles. The number of carbonyl (C=O) groups excluding carboxylic acids is 1. The molecule has 2 aromatic carbocycles. The summed E-state index contributed by atoms with van der Waals surface area (Å²) in [7, 11) is 0. The average Bonchev–Trinajstić information content (AvgIpc) is 3.10. The number of rotatable bonds is 5. The van der Waals surface area contributed by atoms with Gasteiger partial charge in [0, 0.05) is 11.1 Å². The lowest BCUT2D eigenvalue weighted by Gasteiger charge is -2.07. The molecule has 4 aromatic rings. The van der Waals surface area contributed by atoms with Crippen molar-refractivity contribution in [1.82, 2.24) is 14.7 Å². The molecule has 7 nitrogen and oxygen atoms in total. The second kappa shape index (κ2) is 7.67. The Kier molecular flexibility index (Phi) is 4.90. The third-order valence-electron chi connectivity index (χ3n) is 4.53. The van der Waals surface area contributed by atoms with Gasteiger partial charge in [0.25, 0.3) is 5.56 Å². The van der Waals surface area contributed by atoms with E-state index in [-0.39, 0.29) is 24.5 Å². The van der Waals surface area contributed by atoms with Gasteiger partial charge in [-0.3, -0.25) is 14.2 Å². The lowest BCUT2D eigenvalue weighted by atomic mass is 10.1. The van der Waals surface area contributed by atoms with E-state index in [9.17, 15) is 14.0 Å². The minimum Gasteiger partial charge on any atom is -0.458 e. The van der Waals surface area contributed by atoms with E-state index in [4.69, 9.17) is 9.26 Å². The summed E-state index contributed by atoms with van der Waals surface area (Å²) in [5.74, 6) is -0.473. The Bertz CT molecular complexity index is 1250. The van der Waals surface area contributed by atoms with Gasteiger partial charge in [0.05, 0.1) is 17.2 Å². The number of esters is 1. The number of para-hydroxylation sites is 1. The molecule has 0 radical (unpaired) electrons. The van der Waals surface area contributed by atoms with Gasteiger partial charge in [-0.1, -0.05) is 17.3 Å². The minimum atomic E-state index is -0.602. The quantitative estimate of drug-likeness (QED) is 0.484. The molecule has 0 aliphatic rings. The van der Waals surface area contributed by atoms with E-state index in [0.29, 0.717) is 33.5 Å². The molecule has 4 rings (SSSR count). The van der Waals surface area contributed by atoms with Crippen molar-refractivity contribution in [1.29, 1.82) is 0 Å². The number of ether oxygens (including phenoxy) is 1. The van der Waals surface area contributed by atoms with E-state index in [2.05, 4.69) is 10.1 Å². The molecule has 2 heterocycles. The van der Waals surface area contributed by atoms with Crippen LogP contribution in [0, 0.1) is 12.7 Å². The predicted octanol–water partition coefficient (Wildman–Crippen LogP) is 3.24. The second-order valence-corrected chi connectivity index (χ2v) is 6.45. The standard InChI is InChI=1S/C21H16FN3O4/c1-13-18(24-29-20(13)14-6-8-15(22)9-7-14)11-28-19(26)10-25-12-23-17-5-3-2-4-16(17)21(25)27/h2-9,12H,10-11H2,1H3. The zero-order valence-corrected chi connectivity index (χ0v) is 15.5. The fraction of sp³-hybridized carbons (Fsp3) is 0.143. The van der Waals surface area contributed by atoms with Crippen LogP contribution in [0.15, 0.2) is 64.2 Å². The summed E-state index contributed by atoms with van der Waals surface area (Å²) < 4.78 is 24.8. The molecule has 0 amide bonds. The molecule has 0 aliphatic heterocycles. The number of nitrogens with zero attached hydrogens (tertiary/aromatic N) is 3. The Morgan fingerprint density at radius 2 is 1.93 bits per heavy atom. The van der Waals surface area contributed by atoms with E-state index < -0.39 is 5.97 Å². The normalized spacial score (nSPS) is 11.0. The van der Waals surface area contributed by atoms with Crippen LogP contribution >= 0.6 is 0 Å². The zero-order chi connectivity index (χ0) is 20.4. The first-order valence-electron chi connectivity index (χ1n) is 8.84. The lowest BCUT2D eigenvalue weighted by Crippen LogP contribution is -2.25. The van der Waals surface area contributed by atoms with Crippen molar-refractivity contribution in [3.05, 3.63) is 82.3 Å². The van der Waals surface area contributed by atoms with Crippen molar-refractivity contribution < 1.29 is 18.4 Å². The highest BCUT2D eigenvalue weighted by atomic mass is 19.1. The summed E-state index contributed by atoms with van der Waals surface area (Å²) in [6, 6.07) is 12.7. The number of fused-ring (bicyclic) bond motifs is 1. The highest BCUT2D eigenvalue weighted by molar-refractivity contribution is 5.77. The molecule has 0 aliphatic carbocycles. The molecule has 0 atom stereocenters. The third kappa shape index (κ3) is 3.77. The average molecular weight is 393 g/mol. The van der Waals surface area contributed by atoms with Crippen LogP contribution in [0.1, 0.15) is 11.3 Å². The summed E-state index contributed by atoms with van der Waals surface area (Å²) >= 11 is 0. The van der Waals surface area contributed by atoms with E-state index in [1.165, 1.54) is 23.0 Å². The fourth-order valence-electron chi connectivity index (χ4n) is 2.93.